The molecule has 4 rings (SSSR count). The van der Waals surface area contributed by atoms with Crippen molar-refractivity contribution in [2.45, 2.75) is 25.2 Å². The van der Waals surface area contributed by atoms with E-state index in [0.29, 0.717) is 6.54 Å². The van der Waals surface area contributed by atoms with E-state index in [-0.39, 0.29) is 17.9 Å². The third-order valence-corrected chi connectivity index (χ3v) is 5.23. The van der Waals surface area contributed by atoms with Crippen molar-refractivity contribution in [2.75, 3.05) is 13.1 Å². The summed E-state index contributed by atoms with van der Waals surface area (Å²) in [6.45, 7) is 2.83. The van der Waals surface area contributed by atoms with Gasteiger partial charge < -0.3 is 14.6 Å². The molecule has 2 fully saturated rings. The molecule has 1 N–H and O–H groups in total. The normalized spacial score (nSPS) is 27.0. The highest BCUT2D eigenvalue weighted by molar-refractivity contribution is 5.84. The van der Waals surface area contributed by atoms with Gasteiger partial charge in [-0.05, 0) is 5.56 Å². The van der Waals surface area contributed by atoms with Crippen molar-refractivity contribution in [3.05, 3.63) is 54.1 Å². The maximum atomic E-state index is 12.4. The van der Waals surface area contributed by atoms with Gasteiger partial charge in [-0.1, -0.05) is 30.3 Å². The Morgan fingerprint density at radius 2 is 2.00 bits per heavy atom. The molecular weight excluding hydrogens is 304 g/mol. The molecule has 1 aromatic carbocycles. The first-order valence-corrected chi connectivity index (χ1v) is 8.34. The average Bonchev–Trinajstić information content (AvgIpc) is 3.24. The molecule has 0 bridgehead atoms. The molecule has 2 aliphatic rings. The lowest BCUT2D eigenvalue weighted by atomic mass is 10.0. The van der Waals surface area contributed by atoms with Crippen LogP contribution in [0.15, 0.2) is 42.7 Å². The Bertz CT molecular complexity index is 730. The highest BCUT2D eigenvalue weighted by Crippen LogP contribution is 2.34. The van der Waals surface area contributed by atoms with Crippen LogP contribution < -0.4 is 0 Å². The predicted molar refractivity (Wildman–Crippen MR) is 88.8 cm³/mol. The van der Waals surface area contributed by atoms with E-state index in [1.807, 2.05) is 53.0 Å². The number of hydrogen-bond donors (Lipinski definition) is 1. The van der Waals surface area contributed by atoms with Gasteiger partial charge in [0, 0.05) is 45.0 Å². The fraction of sp³-hybridized carbons (Fsp3) is 0.444. The Labute approximate surface area is 141 Å². The second-order valence-corrected chi connectivity index (χ2v) is 6.78. The predicted octanol–water partition coefficient (Wildman–Crippen LogP) is 0.624. The summed E-state index contributed by atoms with van der Waals surface area (Å²) < 4.78 is 2.01. The minimum Gasteiger partial charge on any atom is -0.383 e. The van der Waals surface area contributed by atoms with Crippen LogP contribution in [0.2, 0.25) is 0 Å². The smallest absolute Gasteiger partial charge is 0.252 e. The van der Waals surface area contributed by atoms with Gasteiger partial charge in [-0.3, -0.25) is 9.69 Å². The Kier molecular flexibility index (Phi) is 3.86. The molecule has 1 aromatic heterocycles. The average molecular weight is 326 g/mol. The van der Waals surface area contributed by atoms with Gasteiger partial charge >= 0.3 is 0 Å². The SMILES string of the molecule is Cn1ccnc1CN1C[C@@H]2[C@H](O)C(=O)N(Cc3ccccc3)[C@@H]2C1. The van der Waals surface area contributed by atoms with E-state index in [2.05, 4.69) is 9.88 Å². The summed E-state index contributed by atoms with van der Waals surface area (Å²) in [5, 5.41) is 10.4. The molecule has 24 heavy (non-hydrogen) atoms. The number of aromatic nitrogens is 2. The molecular formula is C18H22N4O2. The molecule has 3 atom stereocenters. The standard InChI is InChI=1S/C18H22N4O2/c1-20-8-7-19-16(20)12-21-10-14-15(11-21)22(18(24)17(14)23)9-13-5-3-2-4-6-13/h2-8,14-15,17,23H,9-12H2,1H3/t14-,15+,17-/m0/s1. The molecule has 126 valence electrons. The van der Waals surface area contributed by atoms with Crippen molar-refractivity contribution < 1.29 is 9.90 Å². The van der Waals surface area contributed by atoms with Gasteiger partial charge in [-0.2, -0.15) is 0 Å². The molecule has 2 aromatic rings. The van der Waals surface area contributed by atoms with Crippen LogP contribution in [-0.2, 0) is 24.9 Å². The quantitative estimate of drug-likeness (QED) is 0.895. The van der Waals surface area contributed by atoms with Crippen molar-refractivity contribution in [2.24, 2.45) is 13.0 Å². The fourth-order valence-electron chi connectivity index (χ4n) is 3.90. The van der Waals surface area contributed by atoms with Crippen molar-refractivity contribution in [3.8, 4) is 0 Å². The van der Waals surface area contributed by atoms with Crippen molar-refractivity contribution in [1.82, 2.24) is 19.4 Å². The Balaban J connectivity index is 1.49. The summed E-state index contributed by atoms with van der Waals surface area (Å²) in [6.07, 6.45) is 2.85. The topological polar surface area (TPSA) is 61.6 Å². The molecule has 0 saturated carbocycles. The summed E-state index contributed by atoms with van der Waals surface area (Å²) in [6, 6.07) is 10.0. The highest BCUT2D eigenvalue weighted by atomic mass is 16.3. The van der Waals surface area contributed by atoms with E-state index >= 15 is 0 Å². The van der Waals surface area contributed by atoms with E-state index in [4.69, 9.17) is 0 Å². The van der Waals surface area contributed by atoms with Gasteiger partial charge in [-0.15, -0.1) is 0 Å². The van der Waals surface area contributed by atoms with Crippen LogP contribution in [-0.4, -0.2) is 55.6 Å². The number of likely N-dealkylation sites (tertiary alicyclic amines) is 2. The Morgan fingerprint density at radius 1 is 1.21 bits per heavy atom. The monoisotopic (exact) mass is 326 g/mol. The summed E-state index contributed by atoms with van der Waals surface area (Å²) in [5.74, 6) is 0.859. The van der Waals surface area contributed by atoms with Gasteiger partial charge in [0.1, 0.15) is 11.9 Å². The number of aliphatic hydroxyl groups excluding tert-OH is 1. The minimum absolute atomic E-state index is 0.0125. The summed E-state index contributed by atoms with van der Waals surface area (Å²) >= 11 is 0. The number of rotatable bonds is 4. The third-order valence-electron chi connectivity index (χ3n) is 5.23. The van der Waals surface area contributed by atoms with Crippen LogP contribution >= 0.6 is 0 Å². The number of hydrogen-bond acceptors (Lipinski definition) is 4. The number of aliphatic hydroxyl groups is 1. The number of aryl methyl sites for hydroxylation is 1. The minimum atomic E-state index is -0.884. The zero-order valence-electron chi connectivity index (χ0n) is 13.7. The van der Waals surface area contributed by atoms with Gasteiger partial charge in [0.05, 0.1) is 12.6 Å². The number of amides is 1. The lowest BCUT2D eigenvalue weighted by Gasteiger charge is -2.25. The largest absolute Gasteiger partial charge is 0.383 e. The third kappa shape index (κ3) is 2.61. The van der Waals surface area contributed by atoms with Crippen LogP contribution in [0.1, 0.15) is 11.4 Å². The number of carbonyl (C=O) groups excluding carboxylic acids is 1. The van der Waals surface area contributed by atoms with Crippen molar-refractivity contribution >= 4 is 5.91 Å². The summed E-state index contributed by atoms with van der Waals surface area (Å²) in [7, 11) is 1.99. The maximum Gasteiger partial charge on any atom is 0.252 e. The lowest BCUT2D eigenvalue weighted by molar-refractivity contribution is -0.136. The first-order chi connectivity index (χ1) is 11.6. The zero-order chi connectivity index (χ0) is 16.7. The molecule has 0 unspecified atom stereocenters. The highest BCUT2D eigenvalue weighted by Gasteiger charge is 2.51. The second-order valence-electron chi connectivity index (χ2n) is 6.78. The number of fused-ring (bicyclic) bond motifs is 1. The van der Waals surface area contributed by atoms with E-state index in [9.17, 15) is 9.90 Å². The van der Waals surface area contributed by atoms with E-state index in [0.717, 1.165) is 31.0 Å². The molecule has 3 heterocycles. The molecule has 0 aliphatic carbocycles. The first-order valence-electron chi connectivity index (χ1n) is 8.34. The molecule has 6 nitrogen and oxygen atoms in total. The van der Waals surface area contributed by atoms with Crippen molar-refractivity contribution in [1.29, 1.82) is 0 Å². The van der Waals surface area contributed by atoms with Crippen LogP contribution in [0, 0.1) is 5.92 Å². The number of imidazole rings is 1. The number of nitrogens with zero attached hydrogens (tertiary/aromatic N) is 4. The Morgan fingerprint density at radius 3 is 2.71 bits per heavy atom. The molecule has 0 radical (unpaired) electrons. The first kappa shape index (κ1) is 15.4. The number of benzene rings is 1. The Hall–Kier alpha value is -2.18. The van der Waals surface area contributed by atoms with Gasteiger partial charge in [0.25, 0.3) is 5.91 Å². The van der Waals surface area contributed by atoms with Crippen molar-refractivity contribution in [3.63, 3.8) is 0 Å². The van der Waals surface area contributed by atoms with Gasteiger partial charge in [0.2, 0.25) is 0 Å². The zero-order valence-corrected chi connectivity index (χ0v) is 13.7. The molecule has 2 saturated heterocycles. The van der Waals surface area contributed by atoms with E-state index in [1.54, 1.807) is 6.20 Å². The molecule has 6 heteroatoms. The lowest BCUT2D eigenvalue weighted by Crippen LogP contribution is -2.38. The maximum absolute atomic E-state index is 12.4. The molecule has 2 aliphatic heterocycles. The summed E-state index contributed by atoms with van der Waals surface area (Å²) in [5.41, 5.74) is 1.10. The van der Waals surface area contributed by atoms with Crippen LogP contribution in [0.25, 0.3) is 0 Å². The van der Waals surface area contributed by atoms with E-state index in [1.165, 1.54) is 0 Å². The van der Waals surface area contributed by atoms with E-state index < -0.39 is 6.10 Å². The summed E-state index contributed by atoms with van der Waals surface area (Å²) in [4.78, 5) is 20.9. The van der Waals surface area contributed by atoms with Crippen LogP contribution in [0.5, 0.6) is 0 Å². The number of carbonyl (C=O) groups is 1. The molecule has 0 spiro atoms. The van der Waals surface area contributed by atoms with Crippen LogP contribution in [0.4, 0.5) is 0 Å². The van der Waals surface area contributed by atoms with Crippen LogP contribution in [0.3, 0.4) is 0 Å². The fourth-order valence-corrected chi connectivity index (χ4v) is 3.90. The second kappa shape index (κ2) is 6.03. The molecule has 1 amide bonds. The van der Waals surface area contributed by atoms with Gasteiger partial charge in [-0.25, -0.2) is 4.98 Å². The van der Waals surface area contributed by atoms with Gasteiger partial charge in [0.15, 0.2) is 0 Å².